The second kappa shape index (κ2) is 10.8. The number of unbranched alkanes of at least 4 members (excludes halogenated alkanes) is 1. The number of sulfone groups is 1. The fraction of sp³-hybridized carbons (Fsp3) is 0.292. The van der Waals surface area contributed by atoms with Gasteiger partial charge in [-0.25, -0.2) is 8.42 Å². The maximum Gasteiger partial charge on any atom is 0.178 e. The van der Waals surface area contributed by atoms with Gasteiger partial charge in [0.05, 0.1) is 17.3 Å². The molecule has 0 aliphatic carbocycles. The highest BCUT2D eigenvalue weighted by Gasteiger charge is 2.21. The summed E-state index contributed by atoms with van der Waals surface area (Å²) >= 11 is 0. The van der Waals surface area contributed by atoms with Crippen molar-refractivity contribution in [3.63, 3.8) is 0 Å². The summed E-state index contributed by atoms with van der Waals surface area (Å²) in [7, 11) is -3.32. The van der Waals surface area contributed by atoms with Gasteiger partial charge in [0, 0.05) is 12.4 Å². The molecule has 0 saturated heterocycles. The SMILES string of the molecule is O=S(=O)(CC(CCCCOc1ccccc1)Cc1cccnc1)c1ccccc1. The third kappa shape index (κ3) is 7.02. The number of nitrogens with zero attached hydrogens (tertiary/aromatic N) is 1. The van der Waals surface area contributed by atoms with Crippen LogP contribution in [0.15, 0.2) is 90.1 Å². The molecule has 4 nitrogen and oxygen atoms in total. The number of hydrogen-bond donors (Lipinski definition) is 0. The van der Waals surface area contributed by atoms with E-state index >= 15 is 0 Å². The van der Waals surface area contributed by atoms with Gasteiger partial charge in [0.15, 0.2) is 9.84 Å². The Kier molecular flexibility index (Phi) is 7.82. The molecule has 29 heavy (non-hydrogen) atoms. The zero-order valence-electron chi connectivity index (χ0n) is 16.5. The van der Waals surface area contributed by atoms with E-state index in [-0.39, 0.29) is 11.7 Å². The van der Waals surface area contributed by atoms with Gasteiger partial charge in [0.25, 0.3) is 0 Å². The van der Waals surface area contributed by atoms with Crippen LogP contribution in [0.5, 0.6) is 5.75 Å². The van der Waals surface area contributed by atoms with Crippen molar-refractivity contribution in [2.75, 3.05) is 12.4 Å². The minimum atomic E-state index is -3.32. The molecule has 0 bridgehead atoms. The molecule has 1 unspecified atom stereocenters. The first-order chi connectivity index (χ1) is 14.1. The van der Waals surface area contributed by atoms with Crippen LogP contribution in [0.2, 0.25) is 0 Å². The predicted octanol–water partition coefficient (Wildman–Crippen LogP) is 4.96. The summed E-state index contributed by atoms with van der Waals surface area (Å²) in [5.74, 6) is 1.05. The third-order valence-corrected chi connectivity index (χ3v) is 6.72. The summed E-state index contributed by atoms with van der Waals surface area (Å²) in [6, 6.07) is 22.4. The van der Waals surface area contributed by atoms with Gasteiger partial charge in [-0.05, 0) is 67.5 Å². The highest BCUT2D eigenvalue weighted by Crippen LogP contribution is 2.21. The Hall–Kier alpha value is -2.66. The monoisotopic (exact) mass is 409 g/mol. The summed E-state index contributed by atoms with van der Waals surface area (Å²) in [5.41, 5.74) is 1.07. The van der Waals surface area contributed by atoms with Crippen molar-refractivity contribution in [3.8, 4) is 5.75 Å². The average molecular weight is 410 g/mol. The van der Waals surface area contributed by atoms with Crippen molar-refractivity contribution in [1.82, 2.24) is 4.98 Å². The van der Waals surface area contributed by atoms with Crippen LogP contribution in [-0.2, 0) is 16.3 Å². The topological polar surface area (TPSA) is 56.3 Å². The van der Waals surface area contributed by atoms with Gasteiger partial charge in [-0.1, -0.05) is 42.5 Å². The largest absolute Gasteiger partial charge is 0.494 e. The van der Waals surface area contributed by atoms with Crippen LogP contribution in [0, 0.1) is 5.92 Å². The van der Waals surface area contributed by atoms with Crippen LogP contribution in [0.1, 0.15) is 24.8 Å². The third-order valence-electron chi connectivity index (χ3n) is 4.82. The first-order valence-corrected chi connectivity index (χ1v) is 11.6. The molecule has 1 aromatic heterocycles. The van der Waals surface area contributed by atoms with E-state index in [1.54, 1.807) is 30.5 Å². The van der Waals surface area contributed by atoms with Crippen molar-refractivity contribution in [2.45, 2.75) is 30.6 Å². The molecular formula is C24H27NO3S. The molecular weight excluding hydrogens is 382 g/mol. The molecule has 0 spiro atoms. The lowest BCUT2D eigenvalue weighted by Crippen LogP contribution is -2.19. The number of rotatable bonds is 11. The Labute approximate surface area is 173 Å². The van der Waals surface area contributed by atoms with Gasteiger partial charge in [0.1, 0.15) is 5.75 Å². The molecule has 0 N–H and O–H groups in total. The van der Waals surface area contributed by atoms with Crippen molar-refractivity contribution in [1.29, 1.82) is 0 Å². The van der Waals surface area contributed by atoms with Gasteiger partial charge in [-0.15, -0.1) is 0 Å². The molecule has 0 radical (unpaired) electrons. The van der Waals surface area contributed by atoms with Crippen molar-refractivity contribution in [2.24, 2.45) is 5.92 Å². The lowest BCUT2D eigenvalue weighted by atomic mass is 9.96. The van der Waals surface area contributed by atoms with Crippen LogP contribution < -0.4 is 4.74 Å². The molecule has 0 aliphatic rings. The van der Waals surface area contributed by atoms with Gasteiger partial charge in [0.2, 0.25) is 0 Å². The molecule has 5 heteroatoms. The highest BCUT2D eigenvalue weighted by molar-refractivity contribution is 7.91. The van der Waals surface area contributed by atoms with E-state index in [0.29, 0.717) is 17.9 Å². The number of hydrogen-bond acceptors (Lipinski definition) is 4. The molecule has 0 amide bonds. The van der Waals surface area contributed by atoms with E-state index in [4.69, 9.17) is 4.74 Å². The summed E-state index contributed by atoms with van der Waals surface area (Å²) in [4.78, 5) is 4.56. The number of aromatic nitrogens is 1. The first kappa shape index (κ1) is 21.1. The maximum atomic E-state index is 12.9. The van der Waals surface area contributed by atoms with Gasteiger partial charge < -0.3 is 4.74 Å². The molecule has 3 rings (SSSR count). The van der Waals surface area contributed by atoms with Crippen molar-refractivity contribution in [3.05, 3.63) is 90.8 Å². The zero-order valence-corrected chi connectivity index (χ0v) is 17.3. The minimum absolute atomic E-state index is 0.0427. The van der Waals surface area contributed by atoms with Crippen molar-refractivity contribution >= 4 is 9.84 Å². The summed E-state index contributed by atoms with van der Waals surface area (Å²) in [6.45, 7) is 0.634. The number of pyridine rings is 1. The predicted molar refractivity (Wildman–Crippen MR) is 116 cm³/mol. The summed E-state index contributed by atoms with van der Waals surface area (Å²) in [6.07, 6.45) is 6.91. The Bertz CT molecular complexity index is 945. The quantitative estimate of drug-likeness (QED) is 0.420. The average Bonchev–Trinajstić information content (AvgIpc) is 2.75. The number of benzene rings is 2. The second-order valence-electron chi connectivity index (χ2n) is 7.18. The van der Waals surface area contributed by atoms with E-state index in [9.17, 15) is 8.42 Å². The Balaban J connectivity index is 1.57. The highest BCUT2D eigenvalue weighted by atomic mass is 32.2. The zero-order chi connectivity index (χ0) is 20.4. The van der Waals surface area contributed by atoms with Crippen molar-refractivity contribution < 1.29 is 13.2 Å². The van der Waals surface area contributed by atoms with E-state index in [2.05, 4.69) is 4.98 Å². The van der Waals surface area contributed by atoms with E-state index in [0.717, 1.165) is 30.6 Å². The fourth-order valence-corrected chi connectivity index (χ4v) is 5.04. The molecule has 1 atom stereocenters. The normalized spacial score (nSPS) is 12.4. The van der Waals surface area contributed by atoms with Crippen LogP contribution >= 0.6 is 0 Å². The lowest BCUT2D eigenvalue weighted by molar-refractivity contribution is 0.300. The van der Waals surface area contributed by atoms with E-state index in [1.165, 1.54) is 0 Å². The molecule has 1 heterocycles. The van der Waals surface area contributed by atoms with Crippen LogP contribution in [0.25, 0.3) is 0 Å². The maximum absolute atomic E-state index is 12.9. The molecule has 0 aliphatic heterocycles. The van der Waals surface area contributed by atoms with Gasteiger partial charge in [-0.2, -0.15) is 0 Å². The number of ether oxygens (including phenoxy) is 1. The second-order valence-corrected chi connectivity index (χ2v) is 9.22. The van der Waals surface area contributed by atoms with E-state index in [1.807, 2.05) is 54.7 Å². The summed E-state index contributed by atoms with van der Waals surface area (Å²) in [5, 5.41) is 0. The first-order valence-electron chi connectivity index (χ1n) is 9.98. The molecule has 3 aromatic rings. The van der Waals surface area contributed by atoms with E-state index < -0.39 is 9.84 Å². The van der Waals surface area contributed by atoms with Gasteiger partial charge in [-0.3, -0.25) is 4.98 Å². The lowest BCUT2D eigenvalue weighted by Gasteiger charge is -2.17. The van der Waals surface area contributed by atoms with Crippen LogP contribution in [-0.4, -0.2) is 25.8 Å². The van der Waals surface area contributed by atoms with Crippen LogP contribution in [0.3, 0.4) is 0 Å². The van der Waals surface area contributed by atoms with Gasteiger partial charge >= 0.3 is 0 Å². The van der Waals surface area contributed by atoms with Crippen LogP contribution in [0.4, 0.5) is 0 Å². The smallest absolute Gasteiger partial charge is 0.178 e. The minimum Gasteiger partial charge on any atom is -0.494 e. The summed E-state index contributed by atoms with van der Waals surface area (Å²) < 4.78 is 31.5. The fourth-order valence-electron chi connectivity index (χ4n) is 3.37. The molecule has 0 saturated carbocycles. The number of para-hydroxylation sites is 1. The Morgan fingerprint density at radius 2 is 1.59 bits per heavy atom. The Morgan fingerprint density at radius 3 is 2.28 bits per heavy atom. The standard InChI is InChI=1S/C24H27NO3S/c26-29(27,24-14-5-2-6-15-24)20-22(18-21-11-9-16-25-19-21)10-7-8-17-28-23-12-3-1-4-13-23/h1-6,9,11-16,19,22H,7-8,10,17-18,20H2. The molecule has 0 fully saturated rings. The molecule has 2 aromatic carbocycles. The molecule has 152 valence electrons. The Morgan fingerprint density at radius 1 is 0.862 bits per heavy atom.